The lowest BCUT2D eigenvalue weighted by atomic mass is 10.2. The molecule has 1 heterocycles. The normalized spacial score (nSPS) is 19.0. The van der Waals surface area contributed by atoms with Crippen molar-refractivity contribution < 1.29 is 22.5 Å². The number of ether oxygens (including phenoxy) is 1. The highest BCUT2D eigenvalue weighted by Gasteiger charge is 2.35. The van der Waals surface area contributed by atoms with Gasteiger partial charge in [0.1, 0.15) is 12.4 Å². The Kier molecular flexibility index (Phi) is 5.12. The average Bonchev–Trinajstić information content (AvgIpc) is 2.95. The van der Waals surface area contributed by atoms with E-state index < -0.39 is 20.7 Å². The third-order valence-electron chi connectivity index (χ3n) is 3.38. The Balaban J connectivity index is 1.72. The van der Waals surface area contributed by atoms with Crippen LogP contribution in [0.2, 0.25) is 0 Å². The van der Waals surface area contributed by atoms with Gasteiger partial charge in [0.2, 0.25) is 4.71 Å². The third-order valence-corrected chi connectivity index (χ3v) is 5.95. The van der Waals surface area contributed by atoms with Gasteiger partial charge in [-0.05, 0) is 29.3 Å². The number of amides is 1. The van der Waals surface area contributed by atoms with Gasteiger partial charge < -0.3 is 10.1 Å². The van der Waals surface area contributed by atoms with E-state index in [0.29, 0.717) is 17.9 Å². The summed E-state index contributed by atoms with van der Waals surface area (Å²) in [6.45, 7) is 0.418. The fourth-order valence-electron chi connectivity index (χ4n) is 2.20. The predicted octanol–water partition coefficient (Wildman–Crippen LogP) is 2.64. The van der Waals surface area contributed by atoms with Crippen LogP contribution in [0.25, 0.3) is 6.08 Å². The van der Waals surface area contributed by atoms with E-state index in [4.69, 9.17) is 9.29 Å². The van der Waals surface area contributed by atoms with Crippen molar-refractivity contribution in [3.8, 4) is 5.75 Å². The fourth-order valence-corrected chi connectivity index (χ4v) is 4.02. The van der Waals surface area contributed by atoms with Gasteiger partial charge in [0.05, 0.1) is 4.91 Å². The molecule has 1 fully saturated rings. The number of thioether (sulfide) groups is 1. The van der Waals surface area contributed by atoms with Crippen LogP contribution in [0.15, 0.2) is 59.5 Å². The highest BCUT2D eigenvalue weighted by atomic mass is 32.3. The SMILES string of the molecule is O=C1NC(S(=O)(=O)O)SC1=Cc1cccc(OCc2ccccc2)c1. The van der Waals surface area contributed by atoms with Gasteiger partial charge in [-0.2, -0.15) is 8.42 Å². The van der Waals surface area contributed by atoms with Crippen LogP contribution in [0.5, 0.6) is 5.75 Å². The van der Waals surface area contributed by atoms with E-state index >= 15 is 0 Å². The Labute approximate surface area is 149 Å². The number of nitrogens with one attached hydrogen (secondary N) is 1. The van der Waals surface area contributed by atoms with Crippen LogP contribution in [0.3, 0.4) is 0 Å². The van der Waals surface area contributed by atoms with Crippen LogP contribution in [-0.4, -0.2) is 23.6 Å². The second-order valence-electron chi connectivity index (χ2n) is 5.29. The molecule has 0 spiro atoms. The number of hydrogen-bond acceptors (Lipinski definition) is 5. The molecule has 0 aliphatic carbocycles. The van der Waals surface area contributed by atoms with Crippen LogP contribution < -0.4 is 10.1 Å². The van der Waals surface area contributed by atoms with Gasteiger partial charge in [0.15, 0.2) is 0 Å². The second-order valence-corrected chi connectivity index (χ2v) is 8.24. The minimum absolute atomic E-state index is 0.211. The number of hydrogen-bond donors (Lipinski definition) is 2. The minimum Gasteiger partial charge on any atom is -0.489 e. The molecule has 3 rings (SSSR count). The number of rotatable bonds is 5. The lowest BCUT2D eigenvalue weighted by Crippen LogP contribution is -2.31. The summed E-state index contributed by atoms with van der Waals surface area (Å²) in [6, 6.07) is 16.8. The summed E-state index contributed by atoms with van der Waals surface area (Å²) >= 11 is 0.758. The zero-order valence-corrected chi connectivity index (χ0v) is 14.6. The molecular formula is C17H15NO5S2. The first-order valence-corrected chi connectivity index (χ1v) is 9.72. The van der Waals surface area contributed by atoms with Gasteiger partial charge in [0, 0.05) is 0 Å². The molecule has 1 unspecified atom stereocenters. The molecule has 0 bridgehead atoms. The first-order chi connectivity index (χ1) is 11.9. The monoisotopic (exact) mass is 377 g/mol. The van der Waals surface area contributed by atoms with E-state index in [2.05, 4.69) is 5.32 Å². The Morgan fingerprint density at radius 3 is 2.60 bits per heavy atom. The van der Waals surface area contributed by atoms with Crippen molar-refractivity contribution >= 4 is 33.9 Å². The van der Waals surface area contributed by atoms with Gasteiger partial charge in [-0.1, -0.05) is 54.2 Å². The second kappa shape index (κ2) is 7.30. The van der Waals surface area contributed by atoms with E-state index in [-0.39, 0.29) is 4.91 Å². The maximum atomic E-state index is 11.8. The van der Waals surface area contributed by atoms with Crippen molar-refractivity contribution in [1.82, 2.24) is 5.32 Å². The first-order valence-electron chi connectivity index (χ1n) is 7.34. The van der Waals surface area contributed by atoms with Crippen molar-refractivity contribution in [2.24, 2.45) is 0 Å². The summed E-state index contributed by atoms with van der Waals surface area (Å²) < 4.78 is 35.6. The number of carbonyl (C=O) groups is 1. The molecule has 8 heteroatoms. The van der Waals surface area contributed by atoms with Crippen LogP contribution >= 0.6 is 11.8 Å². The molecule has 1 amide bonds. The molecular weight excluding hydrogens is 362 g/mol. The molecule has 25 heavy (non-hydrogen) atoms. The van der Waals surface area contributed by atoms with E-state index in [0.717, 1.165) is 17.3 Å². The van der Waals surface area contributed by atoms with Crippen molar-refractivity contribution in [3.05, 3.63) is 70.6 Å². The summed E-state index contributed by atoms with van der Waals surface area (Å²) in [5.74, 6) is 0.0937. The topological polar surface area (TPSA) is 92.7 Å². The molecule has 2 N–H and O–H groups in total. The van der Waals surface area contributed by atoms with E-state index in [9.17, 15) is 13.2 Å². The predicted molar refractivity (Wildman–Crippen MR) is 96.3 cm³/mol. The van der Waals surface area contributed by atoms with Crippen LogP contribution in [0, 0.1) is 0 Å². The lowest BCUT2D eigenvalue weighted by Gasteiger charge is -2.07. The molecule has 130 valence electrons. The highest BCUT2D eigenvalue weighted by Crippen LogP contribution is 2.32. The van der Waals surface area contributed by atoms with Crippen molar-refractivity contribution in [2.75, 3.05) is 0 Å². The fraction of sp³-hybridized carbons (Fsp3) is 0.118. The lowest BCUT2D eigenvalue weighted by molar-refractivity contribution is -0.116. The maximum absolute atomic E-state index is 11.8. The molecule has 0 radical (unpaired) electrons. The van der Waals surface area contributed by atoms with Gasteiger partial charge in [-0.15, -0.1) is 0 Å². The summed E-state index contributed by atoms with van der Waals surface area (Å²) in [5, 5.41) is 2.21. The van der Waals surface area contributed by atoms with Crippen LogP contribution in [0.1, 0.15) is 11.1 Å². The zero-order valence-electron chi connectivity index (χ0n) is 13.0. The molecule has 1 atom stereocenters. The summed E-state index contributed by atoms with van der Waals surface area (Å²) in [5.41, 5.74) is 1.73. The van der Waals surface area contributed by atoms with Crippen molar-refractivity contribution in [3.63, 3.8) is 0 Å². The Hall–Kier alpha value is -2.29. The molecule has 1 aliphatic rings. The standard InChI is InChI=1S/C17H15NO5S2/c19-16-15(24-17(18-16)25(20,21)22)10-13-7-4-8-14(9-13)23-11-12-5-2-1-3-6-12/h1-10,17H,11H2,(H,18,19)(H,20,21,22). The first kappa shape index (κ1) is 17.5. The quantitative estimate of drug-likeness (QED) is 0.615. The molecule has 0 aromatic heterocycles. The number of carbonyl (C=O) groups excluding carboxylic acids is 1. The molecule has 2 aromatic carbocycles. The average molecular weight is 377 g/mol. The maximum Gasteiger partial charge on any atom is 0.296 e. The summed E-state index contributed by atoms with van der Waals surface area (Å²) in [6.07, 6.45) is 1.56. The zero-order chi connectivity index (χ0) is 17.9. The van der Waals surface area contributed by atoms with E-state index in [1.807, 2.05) is 30.3 Å². The third kappa shape index (κ3) is 4.62. The largest absolute Gasteiger partial charge is 0.489 e. The highest BCUT2D eigenvalue weighted by molar-refractivity contribution is 8.15. The Morgan fingerprint density at radius 1 is 1.16 bits per heavy atom. The van der Waals surface area contributed by atoms with Crippen LogP contribution in [-0.2, 0) is 21.5 Å². The van der Waals surface area contributed by atoms with Gasteiger partial charge in [0.25, 0.3) is 16.0 Å². The summed E-state index contributed by atoms with van der Waals surface area (Å²) in [4.78, 5) is 12.0. The summed E-state index contributed by atoms with van der Waals surface area (Å²) in [7, 11) is -4.34. The van der Waals surface area contributed by atoms with Crippen LogP contribution in [0.4, 0.5) is 0 Å². The van der Waals surface area contributed by atoms with E-state index in [1.165, 1.54) is 0 Å². The molecule has 1 saturated heterocycles. The minimum atomic E-state index is -4.34. The Morgan fingerprint density at radius 2 is 1.92 bits per heavy atom. The smallest absolute Gasteiger partial charge is 0.296 e. The van der Waals surface area contributed by atoms with Gasteiger partial charge >= 0.3 is 0 Å². The van der Waals surface area contributed by atoms with Gasteiger partial charge in [-0.25, -0.2) is 0 Å². The molecule has 1 aliphatic heterocycles. The molecule has 2 aromatic rings. The van der Waals surface area contributed by atoms with Crippen molar-refractivity contribution in [2.45, 2.75) is 11.3 Å². The molecule has 6 nitrogen and oxygen atoms in total. The van der Waals surface area contributed by atoms with Gasteiger partial charge in [-0.3, -0.25) is 9.35 Å². The van der Waals surface area contributed by atoms with Crippen molar-refractivity contribution in [1.29, 1.82) is 0 Å². The number of benzene rings is 2. The van der Waals surface area contributed by atoms with E-state index in [1.54, 1.807) is 30.3 Å². The molecule has 0 saturated carbocycles. The Bertz CT molecular complexity index is 910.